The summed E-state index contributed by atoms with van der Waals surface area (Å²) in [6, 6.07) is 10.0. The molecular weight excluding hydrogens is 310 g/mol. The molecule has 2 rings (SSSR count). The van der Waals surface area contributed by atoms with E-state index < -0.39 is 5.97 Å². The molecule has 2 aromatic rings. The van der Waals surface area contributed by atoms with Crippen molar-refractivity contribution in [3.8, 4) is 11.5 Å². The molecule has 0 aromatic heterocycles. The lowest BCUT2D eigenvalue weighted by atomic mass is 10.1. The normalized spacial score (nSPS) is 10.1. The van der Waals surface area contributed by atoms with E-state index in [-0.39, 0.29) is 17.9 Å². The van der Waals surface area contributed by atoms with Gasteiger partial charge in [0.1, 0.15) is 0 Å². The minimum absolute atomic E-state index is 0.136. The highest BCUT2D eigenvalue weighted by Crippen LogP contribution is 2.28. The lowest BCUT2D eigenvalue weighted by molar-refractivity contribution is -0.115. The van der Waals surface area contributed by atoms with Crippen molar-refractivity contribution in [1.82, 2.24) is 0 Å². The van der Waals surface area contributed by atoms with Crippen molar-refractivity contribution >= 4 is 17.6 Å². The van der Waals surface area contributed by atoms with Gasteiger partial charge in [0.05, 0.1) is 26.2 Å². The van der Waals surface area contributed by atoms with Gasteiger partial charge in [0.15, 0.2) is 11.5 Å². The minimum Gasteiger partial charge on any atom is -0.493 e. The van der Waals surface area contributed by atoms with Crippen LogP contribution in [0.15, 0.2) is 36.4 Å². The maximum atomic E-state index is 12.2. The molecule has 6 nitrogen and oxygen atoms in total. The van der Waals surface area contributed by atoms with Crippen molar-refractivity contribution in [2.45, 2.75) is 13.3 Å². The Kier molecular flexibility index (Phi) is 5.42. The second kappa shape index (κ2) is 7.50. The summed E-state index contributed by atoms with van der Waals surface area (Å²) < 4.78 is 10.4. The molecule has 0 bridgehead atoms. The number of rotatable bonds is 6. The van der Waals surface area contributed by atoms with Crippen LogP contribution in [-0.4, -0.2) is 31.2 Å². The van der Waals surface area contributed by atoms with Gasteiger partial charge < -0.3 is 19.9 Å². The summed E-state index contributed by atoms with van der Waals surface area (Å²) in [7, 11) is 3.07. The molecule has 0 saturated heterocycles. The van der Waals surface area contributed by atoms with Crippen molar-refractivity contribution in [1.29, 1.82) is 0 Å². The van der Waals surface area contributed by atoms with Crippen LogP contribution in [0.1, 0.15) is 21.5 Å². The van der Waals surface area contributed by atoms with Crippen molar-refractivity contribution in [2.24, 2.45) is 0 Å². The Morgan fingerprint density at radius 2 is 1.79 bits per heavy atom. The first-order chi connectivity index (χ1) is 11.5. The van der Waals surface area contributed by atoms with Crippen LogP contribution in [0.5, 0.6) is 11.5 Å². The molecule has 0 spiro atoms. The number of carboxylic acids is 1. The Hall–Kier alpha value is -3.02. The fourth-order valence-corrected chi connectivity index (χ4v) is 2.37. The van der Waals surface area contributed by atoms with Gasteiger partial charge in [0.25, 0.3) is 0 Å². The molecule has 2 aromatic carbocycles. The average molecular weight is 329 g/mol. The zero-order valence-corrected chi connectivity index (χ0v) is 13.8. The van der Waals surface area contributed by atoms with E-state index in [0.717, 1.165) is 5.56 Å². The topological polar surface area (TPSA) is 84.9 Å². The number of amides is 1. The highest BCUT2D eigenvalue weighted by atomic mass is 16.5. The summed E-state index contributed by atoms with van der Waals surface area (Å²) in [5, 5.41) is 11.9. The molecule has 6 heteroatoms. The lowest BCUT2D eigenvalue weighted by Gasteiger charge is -2.12. The fourth-order valence-electron chi connectivity index (χ4n) is 2.37. The molecule has 0 unspecified atom stereocenters. The molecule has 0 radical (unpaired) electrons. The number of carbonyl (C=O) groups is 2. The first kappa shape index (κ1) is 17.3. The van der Waals surface area contributed by atoms with E-state index in [1.807, 2.05) is 0 Å². The van der Waals surface area contributed by atoms with Crippen LogP contribution in [-0.2, 0) is 11.2 Å². The zero-order chi connectivity index (χ0) is 17.7. The number of carbonyl (C=O) groups excluding carboxylic acids is 1. The highest BCUT2D eigenvalue weighted by molar-refractivity contribution is 5.96. The van der Waals surface area contributed by atoms with Crippen LogP contribution in [0.2, 0.25) is 0 Å². The van der Waals surface area contributed by atoms with Gasteiger partial charge in [-0.2, -0.15) is 0 Å². The molecule has 0 heterocycles. The van der Waals surface area contributed by atoms with Crippen molar-refractivity contribution in [3.63, 3.8) is 0 Å². The second-order valence-corrected chi connectivity index (χ2v) is 5.20. The van der Waals surface area contributed by atoms with Crippen molar-refractivity contribution in [2.75, 3.05) is 19.5 Å². The van der Waals surface area contributed by atoms with E-state index in [1.54, 1.807) is 44.4 Å². The molecule has 0 fully saturated rings. The molecular formula is C18H19NO5. The first-order valence-corrected chi connectivity index (χ1v) is 7.30. The largest absolute Gasteiger partial charge is 0.493 e. The molecule has 126 valence electrons. The molecule has 2 N–H and O–H groups in total. The number of nitrogens with one attached hydrogen (secondary N) is 1. The maximum Gasteiger partial charge on any atom is 0.336 e. The summed E-state index contributed by atoms with van der Waals surface area (Å²) in [5.74, 6) is -0.130. The molecule has 0 saturated carbocycles. The van der Waals surface area contributed by atoms with Crippen molar-refractivity contribution < 1.29 is 24.2 Å². The lowest BCUT2D eigenvalue weighted by Crippen LogP contribution is -2.16. The summed E-state index contributed by atoms with van der Waals surface area (Å²) in [6.45, 7) is 1.66. The Morgan fingerprint density at radius 1 is 1.08 bits per heavy atom. The highest BCUT2D eigenvalue weighted by Gasteiger charge is 2.13. The molecule has 0 atom stereocenters. The van der Waals surface area contributed by atoms with Crippen LogP contribution < -0.4 is 14.8 Å². The number of hydrogen-bond donors (Lipinski definition) is 2. The first-order valence-electron chi connectivity index (χ1n) is 7.30. The van der Waals surface area contributed by atoms with E-state index in [9.17, 15) is 9.59 Å². The van der Waals surface area contributed by atoms with Gasteiger partial charge in [-0.15, -0.1) is 0 Å². The van der Waals surface area contributed by atoms with Gasteiger partial charge in [0.2, 0.25) is 5.91 Å². The van der Waals surface area contributed by atoms with Gasteiger partial charge in [-0.3, -0.25) is 4.79 Å². The zero-order valence-electron chi connectivity index (χ0n) is 13.8. The monoisotopic (exact) mass is 329 g/mol. The third-order valence-electron chi connectivity index (χ3n) is 3.65. The van der Waals surface area contributed by atoms with E-state index >= 15 is 0 Å². The summed E-state index contributed by atoms with van der Waals surface area (Å²) in [6.07, 6.45) is 0.136. The molecule has 1 amide bonds. The number of carboxylic acid groups (broad SMARTS) is 1. The Morgan fingerprint density at radius 3 is 2.42 bits per heavy atom. The quantitative estimate of drug-likeness (QED) is 0.851. The van der Waals surface area contributed by atoms with Crippen LogP contribution in [0.4, 0.5) is 5.69 Å². The van der Waals surface area contributed by atoms with Crippen LogP contribution in [0, 0.1) is 6.92 Å². The van der Waals surface area contributed by atoms with Gasteiger partial charge in [-0.05, 0) is 42.3 Å². The molecule has 0 aliphatic heterocycles. The third-order valence-corrected chi connectivity index (χ3v) is 3.65. The van der Waals surface area contributed by atoms with Gasteiger partial charge in [-0.25, -0.2) is 4.79 Å². The molecule has 0 aliphatic carbocycles. The SMILES string of the molecule is COc1ccc(CC(=O)Nc2cccc(C(=O)O)c2C)cc1OC. The van der Waals surface area contributed by atoms with Crippen LogP contribution >= 0.6 is 0 Å². The number of benzene rings is 2. The van der Waals surface area contributed by atoms with E-state index in [1.165, 1.54) is 13.2 Å². The summed E-state index contributed by atoms with van der Waals surface area (Å²) in [4.78, 5) is 23.4. The standard InChI is InChI=1S/C18H19NO5/c1-11-13(18(21)22)5-4-6-14(11)19-17(20)10-12-7-8-15(23-2)16(9-12)24-3/h4-9H,10H2,1-3H3,(H,19,20)(H,21,22). The summed E-state index contributed by atoms with van der Waals surface area (Å²) in [5.41, 5.74) is 1.93. The number of methoxy groups -OCH3 is 2. The van der Waals surface area contributed by atoms with E-state index in [2.05, 4.69) is 5.32 Å². The number of aromatic carboxylic acids is 1. The predicted molar refractivity (Wildman–Crippen MR) is 90.0 cm³/mol. The van der Waals surface area contributed by atoms with Gasteiger partial charge in [-0.1, -0.05) is 12.1 Å². The molecule has 0 aliphatic rings. The number of hydrogen-bond acceptors (Lipinski definition) is 4. The average Bonchev–Trinajstić information content (AvgIpc) is 2.56. The maximum absolute atomic E-state index is 12.2. The minimum atomic E-state index is -1.02. The fraction of sp³-hybridized carbons (Fsp3) is 0.222. The number of anilines is 1. The van der Waals surface area contributed by atoms with Gasteiger partial charge in [0, 0.05) is 5.69 Å². The predicted octanol–water partition coefficient (Wildman–Crippen LogP) is 2.89. The summed E-state index contributed by atoms with van der Waals surface area (Å²) >= 11 is 0. The number of ether oxygens (including phenoxy) is 2. The van der Waals surface area contributed by atoms with E-state index in [4.69, 9.17) is 14.6 Å². The Bertz CT molecular complexity index is 770. The Labute approximate surface area is 140 Å². The van der Waals surface area contributed by atoms with E-state index in [0.29, 0.717) is 22.7 Å². The van der Waals surface area contributed by atoms with Crippen LogP contribution in [0.25, 0.3) is 0 Å². The van der Waals surface area contributed by atoms with Crippen LogP contribution in [0.3, 0.4) is 0 Å². The van der Waals surface area contributed by atoms with Crippen molar-refractivity contribution in [3.05, 3.63) is 53.1 Å². The smallest absolute Gasteiger partial charge is 0.336 e. The van der Waals surface area contributed by atoms with Gasteiger partial charge >= 0.3 is 5.97 Å². The second-order valence-electron chi connectivity index (χ2n) is 5.20. The molecule has 24 heavy (non-hydrogen) atoms. The third kappa shape index (κ3) is 3.84. The Balaban J connectivity index is 2.14.